The highest BCUT2D eigenvalue weighted by molar-refractivity contribution is 7.89. The van der Waals surface area contributed by atoms with E-state index >= 15 is 0 Å². The Labute approximate surface area is 114 Å². The first-order chi connectivity index (χ1) is 9.14. The Morgan fingerprint density at radius 3 is 2.15 bits per heavy atom. The molecule has 0 aliphatic heterocycles. The van der Waals surface area contributed by atoms with E-state index in [2.05, 4.69) is 0 Å². The first-order valence-electron chi connectivity index (χ1n) is 5.34. The molecule has 110 valence electrons. The molecule has 0 unspecified atom stereocenters. The van der Waals surface area contributed by atoms with Crippen LogP contribution in [0.15, 0.2) is 23.1 Å². The summed E-state index contributed by atoms with van der Waals surface area (Å²) in [4.78, 5) is 20.5. The lowest BCUT2D eigenvalue weighted by Crippen LogP contribution is -2.39. The molecule has 0 aromatic heterocycles. The van der Waals surface area contributed by atoms with Crippen LogP contribution in [0.4, 0.5) is 4.39 Å². The Hall–Kier alpha value is -2.00. The van der Waals surface area contributed by atoms with E-state index in [9.17, 15) is 22.4 Å². The van der Waals surface area contributed by atoms with Gasteiger partial charge in [0.15, 0.2) is 0 Å². The molecule has 7 nitrogen and oxygen atoms in total. The third kappa shape index (κ3) is 3.75. The minimum Gasteiger partial charge on any atom is -0.480 e. The molecule has 1 rings (SSSR count). The number of halogens is 1. The van der Waals surface area contributed by atoms with E-state index in [1.54, 1.807) is 0 Å². The second-order valence-electron chi connectivity index (χ2n) is 3.99. The number of carboxylic acid groups (broad SMARTS) is 2. The maximum atomic E-state index is 13.6. The van der Waals surface area contributed by atoms with Crippen LogP contribution in [0.5, 0.6) is 0 Å². The fraction of sp³-hybridized carbons (Fsp3) is 0.273. The van der Waals surface area contributed by atoms with E-state index in [1.807, 2.05) is 0 Å². The number of carboxylic acids is 2. The molecule has 0 aliphatic carbocycles. The van der Waals surface area contributed by atoms with E-state index in [1.165, 1.54) is 13.0 Å². The first kappa shape index (κ1) is 16.1. The summed E-state index contributed by atoms with van der Waals surface area (Å²) >= 11 is 0. The molecular weight excluding hydrogens is 293 g/mol. The van der Waals surface area contributed by atoms with Gasteiger partial charge in [-0.15, -0.1) is 0 Å². The Kier molecular flexibility index (Phi) is 4.79. The summed E-state index contributed by atoms with van der Waals surface area (Å²) in [6.45, 7) is -0.610. The number of carbonyl (C=O) groups is 2. The van der Waals surface area contributed by atoms with E-state index < -0.39 is 45.8 Å². The van der Waals surface area contributed by atoms with Crippen molar-refractivity contribution in [3.8, 4) is 0 Å². The molecule has 0 fully saturated rings. The third-order valence-corrected chi connectivity index (χ3v) is 4.13. The van der Waals surface area contributed by atoms with Crippen molar-refractivity contribution in [2.45, 2.75) is 11.8 Å². The molecule has 1 aromatic rings. The number of sulfonamides is 1. The number of hydrogen-bond donors (Lipinski definition) is 2. The van der Waals surface area contributed by atoms with Crippen LogP contribution in [0, 0.1) is 12.7 Å². The standard InChI is InChI=1S/C11H12FNO6S/c1-7-2-3-8(12)9(4-7)20(18,19)13(5-10(14)15)6-11(16)17/h2-4H,5-6H2,1H3,(H,14,15)(H,16,17). The highest BCUT2D eigenvalue weighted by atomic mass is 32.2. The summed E-state index contributed by atoms with van der Waals surface area (Å²) in [5.41, 5.74) is 0.440. The van der Waals surface area contributed by atoms with Crippen LogP contribution in [-0.4, -0.2) is 48.0 Å². The lowest BCUT2D eigenvalue weighted by Gasteiger charge is -2.18. The Morgan fingerprint density at radius 1 is 1.20 bits per heavy atom. The molecule has 0 bridgehead atoms. The normalized spacial score (nSPS) is 11.6. The summed E-state index contributed by atoms with van der Waals surface area (Å²) in [7, 11) is -4.55. The third-order valence-electron chi connectivity index (χ3n) is 2.33. The van der Waals surface area contributed by atoms with Gasteiger partial charge in [0.1, 0.15) is 23.8 Å². The van der Waals surface area contributed by atoms with Gasteiger partial charge in [0.05, 0.1) is 0 Å². The minimum atomic E-state index is -4.55. The Morgan fingerprint density at radius 2 is 1.70 bits per heavy atom. The van der Waals surface area contributed by atoms with Gasteiger partial charge in [-0.1, -0.05) is 6.07 Å². The van der Waals surface area contributed by atoms with Gasteiger partial charge in [0, 0.05) is 0 Å². The van der Waals surface area contributed by atoms with Crippen molar-refractivity contribution in [1.82, 2.24) is 4.31 Å². The molecule has 2 N–H and O–H groups in total. The zero-order valence-electron chi connectivity index (χ0n) is 10.4. The van der Waals surface area contributed by atoms with Gasteiger partial charge in [-0.05, 0) is 24.6 Å². The Balaban J connectivity index is 3.31. The average molecular weight is 305 g/mol. The molecule has 0 atom stereocenters. The molecule has 0 spiro atoms. The lowest BCUT2D eigenvalue weighted by molar-refractivity contribution is -0.139. The molecule has 0 saturated carbocycles. The van der Waals surface area contributed by atoms with Crippen molar-refractivity contribution >= 4 is 22.0 Å². The number of rotatable bonds is 6. The SMILES string of the molecule is Cc1ccc(F)c(S(=O)(=O)N(CC(=O)O)CC(=O)O)c1. The van der Waals surface area contributed by atoms with E-state index in [4.69, 9.17) is 10.2 Å². The average Bonchev–Trinajstić information content (AvgIpc) is 2.30. The van der Waals surface area contributed by atoms with Gasteiger partial charge in [0.2, 0.25) is 10.0 Å². The molecule has 1 aromatic carbocycles. The molecular formula is C11H12FNO6S. The summed E-state index contributed by atoms with van der Waals surface area (Å²) in [5, 5.41) is 17.3. The van der Waals surface area contributed by atoms with Crippen molar-refractivity contribution in [2.24, 2.45) is 0 Å². The van der Waals surface area contributed by atoms with Crippen molar-refractivity contribution in [3.05, 3.63) is 29.6 Å². The summed E-state index contributed by atoms with van der Waals surface area (Å²) in [6, 6.07) is 3.27. The van der Waals surface area contributed by atoms with Gasteiger partial charge in [0.25, 0.3) is 0 Å². The summed E-state index contributed by atoms with van der Waals surface area (Å²) in [6.07, 6.45) is 0. The predicted molar refractivity (Wildman–Crippen MR) is 65.2 cm³/mol. The monoisotopic (exact) mass is 305 g/mol. The van der Waals surface area contributed by atoms with E-state index in [0.29, 0.717) is 5.56 Å². The van der Waals surface area contributed by atoms with Crippen LogP contribution in [-0.2, 0) is 19.6 Å². The molecule has 20 heavy (non-hydrogen) atoms. The van der Waals surface area contributed by atoms with E-state index in [0.717, 1.165) is 12.1 Å². The number of benzene rings is 1. The van der Waals surface area contributed by atoms with Crippen LogP contribution < -0.4 is 0 Å². The number of hydrogen-bond acceptors (Lipinski definition) is 4. The molecule has 0 aliphatic rings. The molecule has 0 radical (unpaired) electrons. The highest BCUT2D eigenvalue weighted by Gasteiger charge is 2.30. The molecule has 9 heteroatoms. The molecule has 0 heterocycles. The Bertz CT molecular complexity index is 626. The number of aryl methyl sites for hydroxylation is 1. The van der Waals surface area contributed by atoms with Crippen molar-refractivity contribution in [2.75, 3.05) is 13.1 Å². The van der Waals surface area contributed by atoms with E-state index in [-0.39, 0.29) is 4.31 Å². The van der Waals surface area contributed by atoms with Gasteiger partial charge in [-0.25, -0.2) is 12.8 Å². The van der Waals surface area contributed by atoms with Crippen LogP contribution in [0.3, 0.4) is 0 Å². The predicted octanol–water partition coefficient (Wildman–Crippen LogP) is 0.294. The smallest absolute Gasteiger partial charge is 0.318 e. The summed E-state index contributed by atoms with van der Waals surface area (Å²) < 4.78 is 38.1. The molecule has 0 amide bonds. The van der Waals surface area contributed by atoms with Crippen LogP contribution in [0.1, 0.15) is 5.56 Å². The zero-order chi connectivity index (χ0) is 15.5. The number of nitrogens with zero attached hydrogens (tertiary/aromatic N) is 1. The number of aliphatic carboxylic acids is 2. The summed E-state index contributed by atoms with van der Waals surface area (Å²) in [5.74, 6) is -4.15. The van der Waals surface area contributed by atoms with Crippen molar-refractivity contribution < 1.29 is 32.6 Å². The largest absolute Gasteiger partial charge is 0.480 e. The zero-order valence-corrected chi connectivity index (χ0v) is 11.2. The maximum Gasteiger partial charge on any atom is 0.318 e. The van der Waals surface area contributed by atoms with Crippen LogP contribution >= 0.6 is 0 Å². The van der Waals surface area contributed by atoms with Gasteiger partial charge in [-0.3, -0.25) is 9.59 Å². The highest BCUT2D eigenvalue weighted by Crippen LogP contribution is 2.20. The topological polar surface area (TPSA) is 112 Å². The van der Waals surface area contributed by atoms with Crippen molar-refractivity contribution in [1.29, 1.82) is 0 Å². The minimum absolute atomic E-state index is 0.190. The van der Waals surface area contributed by atoms with Gasteiger partial charge >= 0.3 is 11.9 Å². The quantitative estimate of drug-likeness (QED) is 0.781. The van der Waals surface area contributed by atoms with Crippen LogP contribution in [0.25, 0.3) is 0 Å². The van der Waals surface area contributed by atoms with Gasteiger partial charge < -0.3 is 10.2 Å². The van der Waals surface area contributed by atoms with Gasteiger partial charge in [-0.2, -0.15) is 4.31 Å². The first-order valence-corrected chi connectivity index (χ1v) is 6.78. The second kappa shape index (κ2) is 5.97. The maximum absolute atomic E-state index is 13.6. The van der Waals surface area contributed by atoms with Crippen molar-refractivity contribution in [3.63, 3.8) is 0 Å². The molecule has 0 saturated heterocycles. The fourth-order valence-electron chi connectivity index (χ4n) is 1.47. The van der Waals surface area contributed by atoms with Crippen LogP contribution in [0.2, 0.25) is 0 Å². The lowest BCUT2D eigenvalue weighted by atomic mass is 10.2. The fourth-order valence-corrected chi connectivity index (χ4v) is 2.96. The second-order valence-corrected chi connectivity index (χ2v) is 5.90.